The van der Waals surface area contributed by atoms with E-state index >= 15 is 0 Å². The highest BCUT2D eigenvalue weighted by Gasteiger charge is 2.67. The molecule has 3 amide bonds. The van der Waals surface area contributed by atoms with Gasteiger partial charge in [0.05, 0.1) is 11.2 Å². The van der Waals surface area contributed by atoms with Crippen molar-refractivity contribution in [3.8, 4) is 11.5 Å². The lowest BCUT2D eigenvalue weighted by Crippen LogP contribution is -2.61. The number of fused-ring (bicyclic) bond motifs is 2. The van der Waals surface area contributed by atoms with Crippen molar-refractivity contribution in [3.63, 3.8) is 0 Å². The van der Waals surface area contributed by atoms with Crippen molar-refractivity contribution in [1.82, 2.24) is 15.5 Å². The van der Waals surface area contributed by atoms with Crippen LogP contribution >= 0.6 is 0 Å². The van der Waals surface area contributed by atoms with Crippen molar-refractivity contribution in [2.45, 2.75) is 55.9 Å². The molecule has 162 valence electrons. The van der Waals surface area contributed by atoms with Gasteiger partial charge in [-0.05, 0) is 38.5 Å². The smallest absolute Gasteiger partial charge is 0.245 e. The molecule has 30 heavy (non-hydrogen) atoms. The number of nitrogens with one attached hydrogen (secondary N) is 2. The second-order valence-electron chi connectivity index (χ2n) is 8.15. The molecule has 4 rings (SSSR count). The van der Waals surface area contributed by atoms with Crippen LogP contribution in [-0.2, 0) is 30.8 Å². The van der Waals surface area contributed by atoms with Crippen LogP contribution in [0.3, 0.4) is 0 Å². The number of β-lactam (4-membered cyclic amide) rings is 1. The fourth-order valence-corrected chi connectivity index (χ4v) is 6.14. The van der Waals surface area contributed by atoms with Crippen molar-refractivity contribution in [3.05, 3.63) is 23.8 Å². The number of hydrogen-bond acceptors (Lipinski definition) is 7. The molecule has 2 fully saturated rings. The normalized spacial score (nSPS) is 25.8. The highest BCUT2D eigenvalue weighted by Crippen LogP contribution is 2.45. The zero-order valence-corrected chi connectivity index (χ0v) is 17.6. The SMILES string of the molecule is CC(NC(=O)C1N2C(=O)CC2S(=O)(=O)C1(C)C)C(=O)NCc1ccc2c(c1)OCO2. The molecule has 3 aliphatic heterocycles. The van der Waals surface area contributed by atoms with Gasteiger partial charge in [-0.15, -0.1) is 0 Å². The molecular weight excluding hydrogens is 414 g/mol. The molecule has 11 heteroatoms. The summed E-state index contributed by atoms with van der Waals surface area (Å²) < 4.78 is 34.4. The first-order chi connectivity index (χ1) is 14.0. The van der Waals surface area contributed by atoms with E-state index in [0.29, 0.717) is 11.5 Å². The number of rotatable bonds is 5. The minimum absolute atomic E-state index is 0.110. The first-order valence-electron chi connectivity index (χ1n) is 9.55. The molecular formula is C19H23N3O7S. The van der Waals surface area contributed by atoms with Crippen LogP contribution in [0.2, 0.25) is 0 Å². The van der Waals surface area contributed by atoms with E-state index in [2.05, 4.69) is 10.6 Å². The van der Waals surface area contributed by atoms with E-state index in [0.717, 1.165) is 10.5 Å². The Kier molecular flexibility index (Phi) is 4.68. The first kappa shape index (κ1) is 20.5. The summed E-state index contributed by atoms with van der Waals surface area (Å²) in [7, 11) is -3.68. The predicted molar refractivity (Wildman–Crippen MR) is 104 cm³/mol. The Labute approximate surface area is 173 Å². The maximum Gasteiger partial charge on any atom is 0.245 e. The van der Waals surface area contributed by atoms with Gasteiger partial charge in [0.15, 0.2) is 21.3 Å². The van der Waals surface area contributed by atoms with Crippen LogP contribution in [-0.4, -0.2) is 60.0 Å². The standard InChI is InChI=1S/C19H23N3O7S/c1-10(17(24)20-8-11-4-5-12-13(6-11)29-9-28-12)21-18(25)16-19(2,3)30(26,27)15-7-14(23)22(15)16/h4-6,10,15-16H,7-9H2,1-3H3,(H,20,24)(H,21,25). The fourth-order valence-electron chi connectivity index (χ4n) is 4.01. The third kappa shape index (κ3) is 2.99. The first-order valence-corrected chi connectivity index (χ1v) is 11.1. The number of ether oxygens (including phenoxy) is 2. The molecule has 0 saturated carbocycles. The predicted octanol–water partition coefficient (Wildman–Crippen LogP) is -0.330. The monoisotopic (exact) mass is 437 g/mol. The van der Waals surface area contributed by atoms with Gasteiger partial charge in [0.25, 0.3) is 0 Å². The lowest BCUT2D eigenvalue weighted by Gasteiger charge is -2.37. The summed E-state index contributed by atoms with van der Waals surface area (Å²) in [5.41, 5.74) is 0.795. The Bertz CT molecular complexity index is 1040. The van der Waals surface area contributed by atoms with Gasteiger partial charge in [0.2, 0.25) is 24.5 Å². The van der Waals surface area contributed by atoms with Crippen LogP contribution in [0.1, 0.15) is 32.8 Å². The number of sulfone groups is 1. The molecule has 3 heterocycles. The summed E-state index contributed by atoms with van der Waals surface area (Å²) in [6.45, 7) is 4.73. The molecule has 3 atom stereocenters. The van der Waals surface area contributed by atoms with Gasteiger partial charge in [0.1, 0.15) is 17.5 Å². The van der Waals surface area contributed by atoms with Crippen molar-refractivity contribution in [2.24, 2.45) is 0 Å². The molecule has 3 unspecified atom stereocenters. The molecule has 0 spiro atoms. The molecule has 1 aromatic rings. The maximum atomic E-state index is 12.8. The molecule has 0 aromatic heterocycles. The number of carbonyl (C=O) groups is 3. The summed E-state index contributed by atoms with van der Waals surface area (Å²) in [4.78, 5) is 38.3. The van der Waals surface area contributed by atoms with Gasteiger partial charge < -0.3 is 25.0 Å². The molecule has 2 N–H and O–H groups in total. The van der Waals surface area contributed by atoms with Gasteiger partial charge in [-0.25, -0.2) is 8.42 Å². The largest absolute Gasteiger partial charge is 0.454 e. The highest BCUT2D eigenvalue weighted by atomic mass is 32.2. The zero-order valence-electron chi connectivity index (χ0n) is 16.8. The Morgan fingerprint density at radius 3 is 2.67 bits per heavy atom. The minimum Gasteiger partial charge on any atom is -0.454 e. The topological polar surface area (TPSA) is 131 Å². The summed E-state index contributed by atoms with van der Waals surface area (Å²) in [5.74, 6) is -0.245. The molecule has 1 aromatic carbocycles. The molecule has 2 saturated heterocycles. The third-order valence-corrected chi connectivity index (χ3v) is 8.68. The van der Waals surface area contributed by atoms with E-state index in [4.69, 9.17) is 9.47 Å². The van der Waals surface area contributed by atoms with Crippen LogP contribution in [0.25, 0.3) is 0 Å². The van der Waals surface area contributed by atoms with Crippen LogP contribution in [0.5, 0.6) is 11.5 Å². The van der Waals surface area contributed by atoms with E-state index in [1.54, 1.807) is 18.2 Å². The zero-order chi connectivity index (χ0) is 21.8. The summed E-state index contributed by atoms with van der Waals surface area (Å²) in [6.07, 6.45) is -0.110. The van der Waals surface area contributed by atoms with E-state index in [1.807, 2.05) is 0 Å². The average Bonchev–Trinajstić information content (AvgIpc) is 3.19. The molecule has 0 aliphatic carbocycles. The third-order valence-electron chi connectivity index (χ3n) is 5.88. The molecule has 0 radical (unpaired) electrons. The van der Waals surface area contributed by atoms with Gasteiger partial charge in [-0.1, -0.05) is 6.07 Å². The van der Waals surface area contributed by atoms with Crippen molar-refractivity contribution < 1.29 is 32.3 Å². The second kappa shape index (κ2) is 6.86. The van der Waals surface area contributed by atoms with Crippen LogP contribution in [0.15, 0.2) is 18.2 Å². The number of nitrogens with zero attached hydrogens (tertiary/aromatic N) is 1. The Balaban J connectivity index is 1.38. The lowest BCUT2D eigenvalue weighted by molar-refractivity contribution is -0.150. The number of amides is 3. The Morgan fingerprint density at radius 2 is 1.97 bits per heavy atom. The van der Waals surface area contributed by atoms with Gasteiger partial charge in [-0.2, -0.15) is 0 Å². The highest BCUT2D eigenvalue weighted by molar-refractivity contribution is 7.93. The van der Waals surface area contributed by atoms with E-state index in [1.165, 1.54) is 20.8 Å². The van der Waals surface area contributed by atoms with E-state index < -0.39 is 43.9 Å². The maximum absolute atomic E-state index is 12.8. The molecule has 3 aliphatic rings. The molecule has 0 bridgehead atoms. The number of hydrogen-bond donors (Lipinski definition) is 2. The van der Waals surface area contributed by atoms with Gasteiger partial charge in [-0.3, -0.25) is 14.4 Å². The van der Waals surface area contributed by atoms with Crippen molar-refractivity contribution in [2.75, 3.05) is 6.79 Å². The van der Waals surface area contributed by atoms with E-state index in [-0.39, 0.29) is 25.7 Å². The molecule has 10 nitrogen and oxygen atoms in total. The average molecular weight is 437 g/mol. The fraction of sp³-hybridized carbons (Fsp3) is 0.526. The van der Waals surface area contributed by atoms with Crippen molar-refractivity contribution in [1.29, 1.82) is 0 Å². The second-order valence-corrected chi connectivity index (χ2v) is 10.8. The Hall–Kier alpha value is -2.82. The Morgan fingerprint density at radius 1 is 1.27 bits per heavy atom. The van der Waals surface area contributed by atoms with Gasteiger partial charge >= 0.3 is 0 Å². The minimum atomic E-state index is -3.68. The summed E-state index contributed by atoms with van der Waals surface area (Å²) in [6, 6.07) is 3.21. The van der Waals surface area contributed by atoms with Crippen LogP contribution in [0.4, 0.5) is 0 Å². The van der Waals surface area contributed by atoms with Crippen molar-refractivity contribution >= 4 is 27.6 Å². The quantitative estimate of drug-likeness (QED) is 0.603. The summed E-state index contributed by atoms with van der Waals surface area (Å²) >= 11 is 0. The number of carbonyl (C=O) groups excluding carboxylic acids is 3. The van der Waals surface area contributed by atoms with Crippen LogP contribution < -0.4 is 20.1 Å². The van der Waals surface area contributed by atoms with Gasteiger partial charge in [0, 0.05) is 6.54 Å². The number of benzene rings is 1. The van der Waals surface area contributed by atoms with Crippen LogP contribution in [0, 0.1) is 0 Å². The summed E-state index contributed by atoms with van der Waals surface area (Å²) in [5, 5.41) is 4.29. The van der Waals surface area contributed by atoms with E-state index in [9.17, 15) is 22.8 Å². The lowest BCUT2D eigenvalue weighted by atomic mass is 9.97.